The first-order chi connectivity index (χ1) is 8.04. The standard InChI is InChI=1S/C11H15NO4S/c1-17(13,14)12-8-9-3-4-10-11(7-9)16-6-2-5-15-10/h3-4,7,12H,2,5-6,8H2,1H3. The summed E-state index contributed by atoms with van der Waals surface area (Å²) in [4.78, 5) is 0. The predicted octanol–water partition coefficient (Wildman–Crippen LogP) is 0.897. The number of benzene rings is 1. The van der Waals surface area contributed by atoms with Crippen LogP contribution in [-0.4, -0.2) is 27.9 Å². The molecule has 0 fully saturated rings. The van der Waals surface area contributed by atoms with E-state index in [1.165, 1.54) is 0 Å². The third-order valence-corrected chi connectivity index (χ3v) is 3.02. The van der Waals surface area contributed by atoms with E-state index in [0.29, 0.717) is 24.7 Å². The van der Waals surface area contributed by atoms with Gasteiger partial charge in [0.15, 0.2) is 11.5 Å². The highest BCUT2D eigenvalue weighted by Gasteiger charge is 2.11. The number of fused-ring (bicyclic) bond motifs is 1. The quantitative estimate of drug-likeness (QED) is 0.873. The monoisotopic (exact) mass is 257 g/mol. The maximum absolute atomic E-state index is 11.0. The minimum Gasteiger partial charge on any atom is -0.490 e. The lowest BCUT2D eigenvalue weighted by Crippen LogP contribution is -2.21. The molecule has 0 aliphatic carbocycles. The molecule has 0 unspecified atom stereocenters. The summed E-state index contributed by atoms with van der Waals surface area (Å²) in [5.74, 6) is 1.39. The van der Waals surface area contributed by atoms with Crippen LogP contribution < -0.4 is 14.2 Å². The van der Waals surface area contributed by atoms with E-state index < -0.39 is 10.0 Å². The van der Waals surface area contributed by atoms with Crippen LogP contribution in [0.1, 0.15) is 12.0 Å². The molecule has 1 heterocycles. The zero-order valence-electron chi connectivity index (χ0n) is 9.60. The van der Waals surface area contributed by atoms with E-state index in [1.54, 1.807) is 12.1 Å². The van der Waals surface area contributed by atoms with Crippen LogP contribution in [0.4, 0.5) is 0 Å². The van der Waals surface area contributed by atoms with Gasteiger partial charge >= 0.3 is 0 Å². The summed E-state index contributed by atoms with van der Waals surface area (Å²) in [5, 5.41) is 0. The average Bonchev–Trinajstić information content (AvgIpc) is 2.49. The van der Waals surface area contributed by atoms with Crippen LogP contribution in [0.15, 0.2) is 18.2 Å². The number of ether oxygens (including phenoxy) is 2. The van der Waals surface area contributed by atoms with Gasteiger partial charge in [-0.05, 0) is 17.7 Å². The maximum Gasteiger partial charge on any atom is 0.209 e. The van der Waals surface area contributed by atoms with Gasteiger partial charge in [0.25, 0.3) is 0 Å². The van der Waals surface area contributed by atoms with Gasteiger partial charge in [-0.3, -0.25) is 0 Å². The van der Waals surface area contributed by atoms with Gasteiger partial charge in [0, 0.05) is 13.0 Å². The van der Waals surface area contributed by atoms with Gasteiger partial charge in [0.05, 0.1) is 19.5 Å². The van der Waals surface area contributed by atoms with Crippen LogP contribution in [0, 0.1) is 0 Å². The molecule has 0 saturated carbocycles. The van der Waals surface area contributed by atoms with Crippen molar-refractivity contribution in [1.29, 1.82) is 0 Å². The van der Waals surface area contributed by atoms with E-state index in [1.807, 2.05) is 6.07 Å². The SMILES string of the molecule is CS(=O)(=O)NCc1ccc2c(c1)OCCCO2. The molecule has 1 aliphatic heterocycles. The molecule has 2 rings (SSSR count). The molecular formula is C11H15NO4S. The topological polar surface area (TPSA) is 64.6 Å². The summed E-state index contributed by atoms with van der Waals surface area (Å²) in [6, 6.07) is 5.43. The van der Waals surface area contributed by atoms with Gasteiger partial charge in [0.2, 0.25) is 10.0 Å². The molecular weight excluding hydrogens is 242 g/mol. The molecule has 94 valence electrons. The molecule has 0 amide bonds. The highest BCUT2D eigenvalue weighted by atomic mass is 32.2. The number of nitrogens with one attached hydrogen (secondary N) is 1. The Labute approximate surface area is 101 Å². The number of hydrogen-bond donors (Lipinski definition) is 1. The van der Waals surface area contributed by atoms with Crippen LogP contribution in [0.25, 0.3) is 0 Å². The fourth-order valence-corrected chi connectivity index (χ4v) is 1.96. The highest BCUT2D eigenvalue weighted by Crippen LogP contribution is 2.30. The van der Waals surface area contributed by atoms with Crippen molar-refractivity contribution in [1.82, 2.24) is 4.72 Å². The molecule has 1 aromatic rings. The lowest BCUT2D eigenvalue weighted by Gasteiger charge is -2.09. The van der Waals surface area contributed by atoms with Gasteiger partial charge in [-0.1, -0.05) is 6.07 Å². The molecule has 0 aromatic heterocycles. The summed E-state index contributed by atoms with van der Waals surface area (Å²) >= 11 is 0. The van der Waals surface area contributed by atoms with E-state index >= 15 is 0 Å². The Bertz CT molecular complexity index is 498. The normalized spacial score (nSPS) is 15.4. The first-order valence-corrected chi connectivity index (χ1v) is 7.27. The molecule has 1 N–H and O–H groups in total. The summed E-state index contributed by atoms with van der Waals surface area (Å²) in [6.45, 7) is 1.53. The molecule has 17 heavy (non-hydrogen) atoms. The number of rotatable bonds is 3. The fourth-order valence-electron chi connectivity index (χ4n) is 1.53. The molecule has 0 radical (unpaired) electrons. The van der Waals surface area contributed by atoms with Crippen molar-refractivity contribution in [2.75, 3.05) is 19.5 Å². The molecule has 0 saturated heterocycles. The largest absolute Gasteiger partial charge is 0.490 e. The summed E-state index contributed by atoms with van der Waals surface area (Å²) in [7, 11) is -3.17. The zero-order valence-corrected chi connectivity index (χ0v) is 10.4. The third-order valence-electron chi connectivity index (χ3n) is 2.35. The molecule has 0 atom stereocenters. The van der Waals surface area contributed by atoms with Crippen LogP contribution in [-0.2, 0) is 16.6 Å². The summed E-state index contributed by atoms with van der Waals surface area (Å²) in [6.07, 6.45) is 1.99. The van der Waals surface area contributed by atoms with E-state index in [0.717, 1.165) is 18.2 Å². The van der Waals surface area contributed by atoms with Gasteiger partial charge in [-0.15, -0.1) is 0 Å². The van der Waals surface area contributed by atoms with Crippen molar-refractivity contribution < 1.29 is 17.9 Å². The first-order valence-electron chi connectivity index (χ1n) is 5.38. The van der Waals surface area contributed by atoms with Crippen molar-refractivity contribution in [3.05, 3.63) is 23.8 Å². The second-order valence-corrected chi connectivity index (χ2v) is 5.76. The fraction of sp³-hybridized carbons (Fsp3) is 0.455. The third kappa shape index (κ3) is 3.61. The Morgan fingerprint density at radius 1 is 1.24 bits per heavy atom. The van der Waals surface area contributed by atoms with Crippen molar-refractivity contribution in [2.24, 2.45) is 0 Å². The Kier molecular flexibility index (Phi) is 3.54. The van der Waals surface area contributed by atoms with Crippen LogP contribution in [0.3, 0.4) is 0 Å². The second-order valence-electron chi connectivity index (χ2n) is 3.92. The van der Waals surface area contributed by atoms with Crippen LogP contribution >= 0.6 is 0 Å². The minimum atomic E-state index is -3.17. The molecule has 6 heteroatoms. The second kappa shape index (κ2) is 4.93. The lowest BCUT2D eigenvalue weighted by atomic mass is 10.2. The molecule has 5 nitrogen and oxygen atoms in total. The lowest BCUT2D eigenvalue weighted by molar-refractivity contribution is 0.297. The first kappa shape index (κ1) is 12.2. The van der Waals surface area contributed by atoms with E-state index in [9.17, 15) is 8.42 Å². The number of sulfonamides is 1. The highest BCUT2D eigenvalue weighted by molar-refractivity contribution is 7.88. The van der Waals surface area contributed by atoms with Gasteiger partial charge in [-0.2, -0.15) is 0 Å². The minimum absolute atomic E-state index is 0.259. The van der Waals surface area contributed by atoms with E-state index in [2.05, 4.69) is 4.72 Å². The zero-order chi connectivity index (χ0) is 12.3. The number of hydrogen-bond acceptors (Lipinski definition) is 4. The van der Waals surface area contributed by atoms with Crippen molar-refractivity contribution in [3.63, 3.8) is 0 Å². The van der Waals surface area contributed by atoms with Crippen molar-refractivity contribution in [3.8, 4) is 11.5 Å². The molecule has 1 aliphatic rings. The Balaban J connectivity index is 2.12. The van der Waals surface area contributed by atoms with Gasteiger partial charge < -0.3 is 9.47 Å². The Morgan fingerprint density at radius 3 is 2.65 bits per heavy atom. The van der Waals surface area contributed by atoms with Crippen LogP contribution in [0.5, 0.6) is 11.5 Å². The average molecular weight is 257 g/mol. The van der Waals surface area contributed by atoms with Gasteiger partial charge in [-0.25, -0.2) is 13.1 Å². The Hall–Kier alpha value is -1.27. The molecule has 0 bridgehead atoms. The van der Waals surface area contributed by atoms with E-state index in [4.69, 9.17) is 9.47 Å². The molecule has 0 spiro atoms. The Morgan fingerprint density at radius 2 is 1.94 bits per heavy atom. The van der Waals surface area contributed by atoms with Crippen LogP contribution in [0.2, 0.25) is 0 Å². The summed E-state index contributed by atoms with van der Waals surface area (Å²) < 4.78 is 35.4. The predicted molar refractivity (Wildman–Crippen MR) is 63.7 cm³/mol. The summed E-state index contributed by atoms with van der Waals surface area (Å²) in [5.41, 5.74) is 0.847. The van der Waals surface area contributed by atoms with Gasteiger partial charge in [0.1, 0.15) is 0 Å². The maximum atomic E-state index is 11.0. The van der Waals surface area contributed by atoms with E-state index in [-0.39, 0.29) is 6.54 Å². The van der Waals surface area contributed by atoms with Crippen molar-refractivity contribution in [2.45, 2.75) is 13.0 Å². The smallest absolute Gasteiger partial charge is 0.209 e. The molecule has 1 aromatic carbocycles. The van der Waals surface area contributed by atoms with Crippen molar-refractivity contribution >= 4 is 10.0 Å².